The number of hydrogen-bond acceptors (Lipinski definition) is 4. The van der Waals surface area contributed by atoms with Crippen molar-refractivity contribution in [2.45, 2.75) is 57.7 Å². The number of benzene rings is 2. The van der Waals surface area contributed by atoms with E-state index in [-0.39, 0.29) is 24.2 Å². The highest BCUT2D eigenvalue weighted by atomic mass is 35.5. The summed E-state index contributed by atoms with van der Waals surface area (Å²) >= 11 is 18.5. The Balaban J connectivity index is 1.90. The Bertz CT molecular complexity index is 1200. The van der Waals surface area contributed by atoms with Gasteiger partial charge in [-0.15, -0.1) is 0 Å². The summed E-state index contributed by atoms with van der Waals surface area (Å²) in [5, 5.41) is 4.16. The summed E-state index contributed by atoms with van der Waals surface area (Å²) < 4.78 is 26.2. The van der Waals surface area contributed by atoms with Crippen molar-refractivity contribution in [3.05, 3.63) is 63.1 Å². The molecule has 2 amide bonds. The molecule has 0 unspecified atom stereocenters. The minimum atomic E-state index is -3.84. The maximum absolute atomic E-state index is 13.6. The van der Waals surface area contributed by atoms with Gasteiger partial charge >= 0.3 is 0 Å². The summed E-state index contributed by atoms with van der Waals surface area (Å²) in [5.74, 6) is -0.855. The molecule has 0 heterocycles. The molecule has 0 radical (unpaired) electrons. The lowest BCUT2D eigenvalue weighted by molar-refractivity contribution is -0.139. The van der Waals surface area contributed by atoms with Crippen molar-refractivity contribution in [1.82, 2.24) is 10.2 Å². The molecule has 1 N–H and O–H groups in total. The summed E-state index contributed by atoms with van der Waals surface area (Å²) in [6, 6.07) is 10.3. The monoisotopic (exact) mass is 573 g/mol. The molecule has 0 aliphatic heterocycles. The summed E-state index contributed by atoms with van der Waals surface area (Å²) in [4.78, 5) is 28.1. The number of carbonyl (C=O) groups excluding carboxylic acids is 2. The molecule has 1 aliphatic carbocycles. The SMILES string of the molecule is C[C@@H](C(=O)NC1CCCCC1)N(Cc1ccc(Cl)cc1Cl)C(=O)CN(c1cccc(Cl)c1)S(C)(=O)=O. The highest BCUT2D eigenvalue weighted by Crippen LogP contribution is 2.25. The van der Waals surface area contributed by atoms with Gasteiger partial charge in [0.1, 0.15) is 12.6 Å². The van der Waals surface area contributed by atoms with Crippen molar-refractivity contribution >= 4 is 62.3 Å². The molecule has 11 heteroatoms. The van der Waals surface area contributed by atoms with Crippen LogP contribution in [0.5, 0.6) is 0 Å². The van der Waals surface area contributed by atoms with E-state index in [1.54, 1.807) is 43.3 Å². The van der Waals surface area contributed by atoms with E-state index >= 15 is 0 Å². The zero-order chi connectivity index (χ0) is 26.5. The Morgan fingerprint density at radius 2 is 1.69 bits per heavy atom. The lowest BCUT2D eigenvalue weighted by atomic mass is 9.95. The molecular formula is C25H30Cl3N3O4S. The zero-order valence-corrected chi connectivity index (χ0v) is 23.3. The van der Waals surface area contributed by atoms with Gasteiger partial charge in [-0.25, -0.2) is 8.42 Å². The third kappa shape index (κ3) is 7.75. The summed E-state index contributed by atoms with van der Waals surface area (Å²) in [5.41, 5.74) is 0.836. The molecule has 196 valence electrons. The van der Waals surface area contributed by atoms with Crippen LogP contribution < -0.4 is 9.62 Å². The fraction of sp³-hybridized carbons (Fsp3) is 0.440. The number of nitrogens with one attached hydrogen (secondary N) is 1. The fourth-order valence-electron chi connectivity index (χ4n) is 4.23. The van der Waals surface area contributed by atoms with Gasteiger partial charge in [0.25, 0.3) is 0 Å². The Morgan fingerprint density at radius 3 is 2.31 bits per heavy atom. The Labute approximate surface area is 227 Å². The number of carbonyl (C=O) groups is 2. The largest absolute Gasteiger partial charge is 0.352 e. The predicted molar refractivity (Wildman–Crippen MR) is 145 cm³/mol. The van der Waals surface area contributed by atoms with Gasteiger partial charge in [-0.3, -0.25) is 13.9 Å². The van der Waals surface area contributed by atoms with Crippen LogP contribution in [0.3, 0.4) is 0 Å². The van der Waals surface area contributed by atoms with Gasteiger partial charge in [-0.1, -0.05) is 66.2 Å². The van der Waals surface area contributed by atoms with Crippen LogP contribution in [0.4, 0.5) is 5.69 Å². The van der Waals surface area contributed by atoms with Crippen molar-refractivity contribution in [3.63, 3.8) is 0 Å². The molecule has 0 aromatic heterocycles. The number of nitrogens with zero attached hydrogens (tertiary/aromatic N) is 2. The summed E-state index contributed by atoms with van der Waals surface area (Å²) in [6.07, 6.45) is 6.04. The van der Waals surface area contributed by atoms with Gasteiger partial charge < -0.3 is 10.2 Å². The van der Waals surface area contributed by atoms with Gasteiger partial charge in [-0.2, -0.15) is 0 Å². The van der Waals surface area contributed by atoms with E-state index in [4.69, 9.17) is 34.8 Å². The van der Waals surface area contributed by atoms with E-state index in [2.05, 4.69) is 5.32 Å². The zero-order valence-electron chi connectivity index (χ0n) is 20.2. The van der Waals surface area contributed by atoms with E-state index in [1.165, 1.54) is 11.0 Å². The van der Waals surface area contributed by atoms with E-state index in [9.17, 15) is 18.0 Å². The molecule has 0 spiro atoms. The normalized spacial score (nSPS) is 15.2. The third-order valence-corrected chi connectivity index (χ3v) is 8.21. The molecule has 1 fully saturated rings. The maximum Gasteiger partial charge on any atom is 0.244 e. The minimum Gasteiger partial charge on any atom is -0.352 e. The van der Waals surface area contributed by atoms with Crippen molar-refractivity contribution in [3.8, 4) is 0 Å². The van der Waals surface area contributed by atoms with E-state index in [1.807, 2.05) is 0 Å². The molecule has 3 rings (SSSR count). The standard InChI is InChI=1S/C25H30Cl3N3O4S/c1-17(25(33)29-21-8-4-3-5-9-21)30(15-18-11-12-20(27)14-23(18)28)24(32)16-31(36(2,34)35)22-10-6-7-19(26)13-22/h6-7,10-14,17,21H,3-5,8-9,15-16H2,1-2H3,(H,29,33)/t17-/m0/s1. The third-order valence-electron chi connectivity index (χ3n) is 6.25. The smallest absolute Gasteiger partial charge is 0.244 e. The number of sulfonamides is 1. The van der Waals surface area contributed by atoms with Crippen LogP contribution in [0.25, 0.3) is 0 Å². The van der Waals surface area contributed by atoms with Gasteiger partial charge in [0, 0.05) is 27.7 Å². The van der Waals surface area contributed by atoms with Crippen LogP contribution in [0.15, 0.2) is 42.5 Å². The molecular weight excluding hydrogens is 545 g/mol. The van der Waals surface area contributed by atoms with Crippen LogP contribution in [-0.2, 0) is 26.2 Å². The number of hydrogen-bond donors (Lipinski definition) is 1. The lowest BCUT2D eigenvalue weighted by Gasteiger charge is -2.33. The second kappa shape index (κ2) is 12.5. The number of rotatable bonds is 9. The molecule has 2 aromatic carbocycles. The van der Waals surface area contributed by atoms with Crippen molar-refractivity contribution in [1.29, 1.82) is 0 Å². The van der Waals surface area contributed by atoms with Crippen LogP contribution in [0.1, 0.15) is 44.6 Å². The highest BCUT2D eigenvalue weighted by Gasteiger charge is 2.31. The average Bonchev–Trinajstić information content (AvgIpc) is 2.81. The average molecular weight is 575 g/mol. The van der Waals surface area contributed by atoms with Crippen molar-refractivity contribution in [2.24, 2.45) is 0 Å². The molecule has 1 saturated carbocycles. The van der Waals surface area contributed by atoms with E-state index in [0.717, 1.165) is 42.7 Å². The summed E-state index contributed by atoms with van der Waals surface area (Å²) in [6.45, 7) is 1.12. The van der Waals surface area contributed by atoms with Crippen molar-refractivity contribution < 1.29 is 18.0 Å². The molecule has 0 bridgehead atoms. The first-order valence-corrected chi connectivity index (χ1v) is 14.7. The second-order valence-electron chi connectivity index (χ2n) is 9.03. The van der Waals surface area contributed by atoms with Crippen LogP contribution in [0, 0.1) is 0 Å². The number of halogens is 3. The molecule has 1 atom stereocenters. The predicted octanol–water partition coefficient (Wildman–Crippen LogP) is 5.28. The molecule has 2 aromatic rings. The van der Waals surface area contributed by atoms with Gasteiger partial charge in [0.05, 0.1) is 11.9 Å². The first kappa shape index (κ1) is 28.6. The quantitative estimate of drug-likeness (QED) is 0.442. The lowest BCUT2D eigenvalue weighted by Crippen LogP contribution is -2.53. The fourth-order valence-corrected chi connectivity index (χ4v) is 5.72. The van der Waals surface area contributed by atoms with Gasteiger partial charge in [0.15, 0.2) is 0 Å². The highest BCUT2D eigenvalue weighted by molar-refractivity contribution is 7.92. The second-order valence-corrected chi connectivity index (χ2v) is 12.2. The Morgan fingerprint density at radius 1 is 1.03 bits per heavy atom. The molecule has 7 nitrogen and oxygen atoms in total. The first-order valence-electron chi connectivity index (χ1n) is 11.7. The molecule has 0 saturated heterocycles. The van der Waals surface area contributed by atoms with Crippen LogP contribution in [-0.4, -0.2) is 50.0 Å². The molecule has 36 heavy (non-hydrogen) atoms. The van der Waals surface area contributed by atoms with Crippen LogP contribution in [0.2, 0.25) is 15.1 Å². The van der Waals surface area contributed by atoms with Gasteiger partial charge in [-0.05, 0) is 55.7 Å². The first-order chi connectivity index (χ1) is 17.0. The number of anilines is 1. The van der Waals surface area contributed by atoms with E-state index in [0.29, 0.717) is 20.6 Å². The Kier molecular flexibility index (Phi) is 9.92. The van der Waals surface area contributed by atoms with Gasteiger partial charge in [0.2, 0.25) is 21.8 Å². The molecule has 1 aliphatic rings. The van der Waals surface area contributed by atoms with Crippen molar-refractivity contribution in [2.75, 3.05) is 17.1 Å². The van der Waals surface area contributed by atoms with Crippen LogP contribution >= 0.6 is 34.8 Å². The minimum absolute atomic E-state index is 0.00123. The summed E-state index contributed by atoms with van der Waals surface area (Å²) in [7, 11) is -3.84. The topological polar surface area (TPSA) is 86.8 Å². The Hall–Kier alpha value is -2.00. The maximum atomic E-state index is 13.6. The number of amides is 2. The van der Waals surface area contributed by atoms with E-state index < -0.39 is 28.5 Å².